The van der Waals surface area contributed by atoms with Gasteiger partial charge in [0.15, 0.2) is 5.54 Å². The Labute approximate surface area is 166 Å². The molecule has 29 heavy (non-hydrogen) atoms. The highest BCUT2D eigenvalue weighted by Crippen LogP contribution is 2.48. The number of esters is 1. The van der Waals surface area contributed by atoms with Gasteiger partial charge in [0.05, 0.1) is 31.1 Å². The highest BCUT2D eigenvalue weighted by molar-refractivity contribution is 6.09. The van der Waals surface area contributed by atoms with Crippen LogP contribution in [0.3, 0.4) is 0 Å². The third kappa shape index (κ3) is 3.12. The number of hydrogen-bond acceptors (Lipinski definition) is 7. The fraction of sp³-hybridized carbons (Fsp3) is 0.400. The molecule has 2 aliphatic rings. The van der Waals surface area contributed by atoms with Gasteiger partial charge in [-0.05, 0) is 24.6 Å². The lowest BCUT2D eigenvalue weighted by atomic mass is 9.79. The van der Waals surface area contributed by atoms with Crippen molar-refractivity contribution in [3.63, 3.8) is 0 Å². The molecule has 2 aliphatic heterocycles. The molecule has 1 aromatic carbocycles. The number of nitrogens with zero attached hydrogens (tertiary/aromatic N) is 1. The molecule has 0 aromatic heterocycles. The third-order valence-electron chi connectivity index (χ3n) is 5.59. The number of carboxylic acid groups (broad SMARTS) is 1. The number of aliphatic hydroxyl groups excluding tert-OH is 1. The van der Waals surface area contributed by atoms with E-state index in [4.69, 9.17) is 0 Å². The zero-order valence-corrected chi connectivity index (χ0v) is 16.0. The number of benzene rings is 1. The highest BCUT2D eigenvalue weighted by Gasteiger charge is 2.68. The molecule has 0 spiro atoms. The van der Waals surface area contributed by atoms with Crippen LogP contribution in [0.2, 0.25) is 0 Å². The Balaban J connectivity index is 2.05. The lowest BCUT2D eigenvalue weighted by Crippen LogP contribution is -2.58. The zero-order chi connectivity index (χ0) is 21.3. The van der Waals surface area contributed by atoms with Crippen molar-refractivity contribution in [2.75, 3.05) is 20.3 Å². The van der Waals surface area contributed by atoms with Gasteiger partial charge in [-0.25, -0.2) is 4.79 Å². The predicted octanol–water partition coefficient (Wildman–Crippen LogP) is 0.110. The van der Waals surface area contributed by atoms with Crippen molar-refractivity contribution in [3.8, 4) is 0 Å². The van der Waals surface area contributed by atoms with Crippen LogP contribution < -0.4 is 5.32 Å². The van der Waals surface area contributed by atoms with Gasteiger partial charge < -0.3 is 14.9 Å². The Bertz CT molecular complexity index is 879. The first kappa shape index (κ1) is 20.7. The second-order valence-electron chi connectivity index (χ2n) is 7.03. The minimum atomic E-state index is -1.98. The highest BCUT2D eigenvalue weighted by atomic mass is 16.5. The number of carboxylic acids is 1. The van der Waals surface area contributed by atoms with E-state index >= 15 is 0 Å². The van der Waals surface area contributed by atoms with Crippen molar-refractivity contribution in [2.24, 2.45) is 11.8 Å². The van der Waals surface area contributed by atoms with E-state index in [1.54, 1.807) is 31.2 Å². The Kier molecular flexibility index (Phi) is 5.54. The van der Waals surface area contributed by atoms with Crippen LogP contribution in [0.15, 0.2) is 36.4 Å². The number of carbonyl (C=O) groups excluding carboxylic acids is 3. The summed E-state index contributed by atoms with van der Waals surface area (Å²) >= 11 is 0. The van der Waals surface area contributed by atoms with Gasteiger partial charge in [0.25, 0.3) is 0 Å². The molecule has 0 bridgehead atoms. The molecule has 4 atom stereocenters. The van der Waals surface area contributed by atoms with E-state index in [1.807, 2.05) is 0 Å². The quantitative estimate of drug-likeness (QED) is 0.347. The summed E-state index contributed by atoms with van der Waals surface area (Å²) in [5.74, 6) is -5.29. The summed E-state index contributed by atoms with van der Waals surface area (Å²) in [6.07, 6.45) is 3.32. The summed E-state index contributed by atoms with van der Waals surface area (Å²) < 4.78 is 4.66. The van der Waals surface area contributed by atoms with Gasteiger partial charge in [-0.2, -0.15) is 0 Å². The number of carbonyl (C=O) groups is 4. The molecule has 3 N–H and O–H groups in total. The monoisotopic (exact) mass is 402 g/mol. The lowest BCUT2D eigenvalue weighted by Gasteiger charge is -2.29. The van der Waals surface area contributed by atoms with Crippen molar-refractivity contribution in [2.45, 2.75) is 18.5 Å². The van der Waals surface area contributed by atoms with E-state index in [1.165, 1.54) is 19.2 Å². The maximum Gasteiger partial charge on any atom is 0.337 e. The van der Waals surface area contributed by atoms with Gasteiger partial charge in [-0.3, -0.25) is 24.6 Å². The summed E-state index contributed by atoms with van der Waals surface area (Å²) in [6.45, 7) is 0.932. The average Bonchev–Trinajstić information content (AvgIpc) is 3.21. The van der Waals surface area contributed by atoms with Crippen LogP contribution in [0.5, 0.6) is 0 Å². The van der Waals surface area contributed by atoms with Gasteiger partial charge in [0, 0.05) is 12.6 Å². The summed E-state index contributed by atoms with van der Waals surface area (Å²) in [5.41, 5.74) is -1.16. The summed E-state index contributed by atoms with van der Waals surface area (Å²) in [7, 11) is 1.25. The smallest absolute Gasteiger partial charge is 0.337 e. The van der Waals surface area contributed by atoms with Crippen molar-refractivity contribution in [3.05, 3.63) is 47.5 Å². The molecule has 2 amide bonds. The molecule has 0 saturated carbocycles. The van der Waals surface area contributed by atoms with Crippen LogP contribution in [-0.4, -0.2) is 64.7 Å². The van der Waals surface area contributed by atoms with Crippen LogP contribution >= 0.6 is 0 Å². The van der Waals surface area contributed by atoms with Crippen LogP contribution in [-0.2, 0) is 19.1 Å². The fourth-order valence-corrected chi connectivity index (χ4v) is 4.09. The summed E-state index contributed by atoms with van der Waals surface area (Å²) in [6, 6.07) is 5.32. The van der Waals surface area contributed by atoms with Gasteiger partial charge in [-0.15, -0.1) is 0 Å². The number of ether oxygens (including phenoxy) is 1. The molecule has 2 fully saturated rings. The predicted molar refractivity (Wildman–Crippen MR) is 99.6 cm³/mol. The number of allylic oxidation sites excluding steroid dienone is 1. The molecular weight excluding hydrogens is 380 g/mol. The Morgan fingerprint density at radius 1 is 1.24 bits per heavy atom. The minimum Gasteiger partial charge on any atom is -0.480 e. The molecule has 9 nitrogen and oxygen atoms in total. The number of methoxy groups -OCH3 is 1. The molecule has 1 aromatic rings. The van der Waals surface area contributed by atoms with E-state index in [9.17, 15) is 29.4 Å². The SMILES string of the molecule is C/C=C/CN1C(=O)C2C(c3ccc(C(=O)OC)cc3)NC(CO)(C(=O)O)C2C1=O. The molecule has 3 rings (SSSR count). The van der Waals surface area contributed by atoms with Crippen LogP contribution in [0.1, 0.15) is 28.9 Å². The van der Waals surface area contributed by atoms with E-state index in [-0.39, 0.29) is 6.54 Å². The molecule has 0 aliphatic carbocycles. The maximum atomic E-state index is 13.0. The number of amides is 2. The van der Waals surface area contributed by atoms with Gasteiger partial charge in [-0.1, -0.05) is 24.3 Å². The normalized spacial score (nSPS) is 28.8. The Morgan fingerprint density at radius 2 is 1.90 bits per heavy atom. The Hall–Kier alpha value is -3.04. The lowest BCUT2D eigenvalue weighted by molar-refractivity contribution is -0.153. The van der Waals surface area contributed by atoms with Crippen LogP contribution in [0, 0.1) is 11.8 Å². The number of likely N-dealkylation sites (tertiary alicyclic amines) is 1. The molecule has 154 valence electrons. The first-order valence-electron chi connectivity index (χ1n) is 9.09. The number of imide groups is 1. The zero-order valence-electron chi connectivity index (χ0n) is 16.0. The summed E-state index contributed by atoms with van der Waals surface area (Å²) in [4.78, 5) is 50.7. The van der Waals surface area contributed by atoms with Crippen molar-refractivity contribution in [1.29, 1.82) is 0 Å². The number of aliphatic hydroxyl groups is 1. The largest absolute Gasteiger partial charge is 0.480 e. The number of nitrogens with one attached hydrogen (secondary N) is 1. The molecule has 0 radical (unpaired) electrons. The minimum absolute atomic E-state index is 0.0380. The topological polar surface area (TPSA) is 133 Å². The molecule has 9 heteroatoms. The van der Waals surface area contributed by atoms with E-state index < -0.39 is 53.8 Å². The Morgan fingerprint density at radius 3 is 2.41 bits per heavy atom. The van der Waals surface area contributed by atoms with E-state index in [0.717, 1.165) is 4.90 Å². The van der Waals surface area contributed by atoms with Crippen molar-refractivity contribution >= 4 is 23.8 Å². The van der Waals surface area contributed by atoms with Gasteiger partial charge in [0.2, 0.25) is 11.8 Å². The van der Waals surface area contributed by atoms with Crippen molar-refractivity contribution < 1.29 is 34.1 Å². The number of hydrogen-bond donors (Lipinski definition) is 3. The van der Waals surface area contributed by atoms with E-state index in [0.29, 0.717) is 11.1 Å². The van der Waals surface area contributed by atoms with Crippen LogP contribution in [0.25, 0.3) is 0 Å². The maximum absolute atomic E-state index is 13.0. The molecular formula is C20H22N2O7. The molecule has 2 heterocycles. The third-order valence-corrected chi connectivity index (χ3v) is 5.59. The van der Waals surface area contributed by atoms with Gasteiger partial charge >= 0.3 is 11.9 Å². The first-order valence-corrected chi connectivity index (χ1v) is 9.09. The second-order valence-corrected chi connectivity index (χ2v) is 7.03. The summed E-state index contributed by atoms with van der Waals surface area (Å²) in [5, 5.41) is 22.5. The average molecular weight is 402 g/mol. The standard InChI is InChI=1S/C20H22N2O7/c1-3-4-9-22-16(24)13-14(17(22)25)20(10-23,19(27)28)21-15(13)11-5-7-12(8-6-11)18(26)29-2/h3-8,13-15,21,23H,9-10H2,1-2H3,(H,27,28)/b4-3+. The molecule has 4 unspecified atom stereocenters. The number of aliphatic carboxylic acids is 1. The van der Waals surface area contributed by atoms with Gasteiger partial charge in [0.1, 0.15) is 0 Å². The van der Waals surface area contributed by atoms with Crippen LogP contribution in [0.4, 0.5) is 0 Å². The number of fused-ring (bicyclic) bond motifs is 1. The first-order chi connectivity index (χ1) is 13.8. The number of rotatable bonds is 6. The fourth-order valence-electron chi connectivity index (χ4n) is 4.09. The second kappa shape index (κ2) is 7.76. The molecule has 2 saturated heterocycles. The van der Waals surface area contributed by atoms with Crippen molar-refractivity contribution in [1.82, 2.24) is 10.2 Å². The van der Waals surface area contributed by atoms with E-state index in [2.05, 4.69) is 10.1 Å².